The maximum absolute atomic E-state index is 9.65. The first-order chi connectivity index (χ1) is 3.18. The first-order valence-corrected chi connectivity index (χ1v) is 2.39. The molecule has 0 unspecified atom stereocenters. The smallest absolute Gasteiger partial charge is 1.00 e. The van der Waals surface area contributed by atoms with Gasteiger partial charge in [-0.3, -0.25) is 0 Å². The van der Waals surface area contributed by atoms with Crippen LogP contribution in [0, 0.1) is 0 Å². The number of thiol groups is 1. The Morgan fingerprint density at radius 2 is 2.11 bits per heavy atom. The Balaban J connectivity index is -0.000000180. The monoisotopic (exact) mass is 219 g/mol. The Morgan fingerprint density at radius 1 is 1.78 bits per heavy atom. The second-order valence-electron chi connectivity index (χ2n) is 1.11. The summed E-state index contributed by atoms with van der Waals surface area (Å²) in [5.74, 6) is -1.13. The van der Waals surface area contributed by atoms with E-state index in [1.807, 2.05) is 0 Å². The second kappa shape index (κ2) is 8.69. The van der Waals surface area contributed by atoms with Gasteiger partial charge < -0.3 is 28.0 Å². The van der Waals surface area contributed by atoms with Gasteiger partial charge in [-0.2, -0.15) is 12.6 Å². The fourth-order valence-corrected chi connectivity index (χ4v) is 0.224. The number of carboxylic acids is 1. The molecule has 9 heavy (non-hydrogen) atoms. The normalized spacial score (nSPS) is 10.4. The van der Waals surface area contributed by atoms with Crippen LogP contribution in [0.2, 0.25) is 0 Å². The van der Waals surface area contributed by atoms with Crippen molar-refractivity contribution in [3.05, 3.63) is 0 Å². The Morgan fingerprint density at radius 3 is 2.11 bits per heavy atom. The summed E-state index contributed by atoms with van der Waals surface area (Å²) < 4.78 is 0. The van der Waals surface area contributed by atoms with Gasteiger partial charge in [-0.25, -0.2) is 0 Å². The van der Waals surface area contributed by atoms with Crippen LogP contribution >= 0.6 is 12.6 Å². The molecule has 0 rings (SSSR count). The minimum Gasteiger partial charge on any atom is -1.00 e. The predicted octanol–water partition coefficient (Wildman–Crippen LogP) is -5.01. The zero-order valence-electron chi connectivity index (χ0n) is 4.71. The van der Waals surface area contributed by atoms with Crippen LogP contribution in [0.25, 0.3) is 0 Å². The quantitative estimate of drug-likeness (QED) is 0.362. The average molecular weight is 221 g/mol. The summed E-state index contributed by atoms with van der Waals surface area (Å²) in [4.78, 5) is 9.65. The SMILES string of the molecule is N[C@H](CS)C(=O)[O-].[Cl-].[Zn+2]. The first-order valence-electron chi connectivity index (χ1n) is 1.75. The number of halogens is 1. The fourth-order valence-electron chi connectivity index (χ4n) is 0.0745. The van der Waals surface area contributed by atoms with Gasteiger partial charge in [0.25, 0.3) is 0 Å². The van der Waals surface area contributed by atoms with Crippen molar-refractivity contribution in [2.75, 3.05) is 5.75 Å². The molecule has 0 fully saturated rings. The van der Waals surface area contributed by atoms with E-state index < -0.39 is 12.0 Å². The maximum atomic E-state index is 9.65. The summed E-state index contributed by atoms with van der Waals surface area (Å²) in [6.45, 7) is 0. The van der Waals surface area contributed by atoms with E-state index in [1.165, 1.54) is 0 Å². The van der Waals surface area contributed by atoms with Gasteiger partial charge in [0.15, 0.2) is 0 Å². The minimum atomic E-state index is -1.25. The van der Waals surface area contributed by atoms with Crippen molar-refractivity contribution < 1.29 is 41.8 Å². The standard InChI is InChI=1S/C3H7NO2S.ClH.Zn/c4-2(1-7)3(5)6;;/h2,7H,1,4H2,(H,5,6);1H;/q;;+2/p-2/t2-;;/m1../s1. The zero-order chi connectivity index (χ0) is 5.86. The summed E-state index contributed by atoms with van der Waals surface area (Å²) in [6, 6.07) is -0.927. The summed E-state index contributed by atoms with van der Waals surface area (Å²) in [7, 11) is 0. The zero-order valence-corrected chi connectivity index (χ0v) is 9.33. The molecule has 0 bridgehead atoms. The van der Waals surface area contributed by atoms with E-state index in [0.717, 1.165) is 0 Å². The van der Waals surface area contributed by atoms with Crippen molar-refractivity contribution in [2.45, 2.75) is 6.04 Å². The maximum Gasteiger partial charge on any atom is 2.00 e. The average Bonchev–Trinajstić information content (AvgIpc) is 1.65. The van der Waals surface area contributed by atoms with Crippen LogP contribution in [0.5, 0.6) is 0 Å². The second-order valence-corrected chi connectivity index (χ2v) is 1.47. The first kappa shape index (κ1) is 16.4. The van der Waals surface area contributed by atoms with Crippen molar-refractivity contribution in [3.63, 3.8) is 0 Å². The van der Waals surface area contributed by atoms with Gasteiger partial charge in [0, 0.05) is 5.75 Å². The third-order valence-corrected chi connectivity index (χ3v) is 0.893. The molecule has 0 saturated carbocycles. The Bertz CT molecular complexity index is 84.2. The van der Waals surface area contributed by atoms with Gasteiger partial charge >= 0.3 is 19.5 Å². The van der Waals surface area contributed by atoms with E-state index in [9.17, 15) is 9.90 Å². The van der Waals surface area contributed by atoms with Gasteiger partial charge in [0.1, 0.15) is 0 Å². The molecule has 0 heterocycles. The number of rotatable bonds is 2. The molecule has 0 aromatic heterocycles. The Labute approximate surface area is 78.0 Å². The summed E-state index contributed by atoms with van der Waals surface area (Å²) in [6.07, 6.45) is 0. The molecular weight excluding hydrogens is 215 g/mol. The van der Waals surface area contributed by atoms with Crippen molar-refractivity contribution in [2.24, 2.45) is 5.73 Å². The van der Waals surface area contributed by atoms with Crippen LogP contribution in [0.4, 0.5) is 0 Å². The molecule has 0 spiro atoms. The molecule has 0 radical (unpaired) electrons. The Hall–Kier alpha value is 0.693. The molecule has 0 saturated heterocycles. The summed E-state index contributed by atoms with van der Waals surface area (Å²) in [5.41, 5.74) is 4.88. The van der Waals surface area contributed by atoms with Gasteiger partial charge in [0.2, 0.25) is 0 Å². The van der Waals surface area contributed by atoms with Gasteiger partial charge in [-0.15, -0.1) is 0 Å². The fraction of sp³-hybridized carbons (Fsp3) is 0.667. The largest absolute Gasteiger partial charge is 2.00 e. The molecule has 0 amide bonds. The number of carbonyl (C=O) groups excluding carboxylic acids is 1. The van der Waals surface area contributed by atoms with Crippen LogP contribution in [0.15, 0.2) is 0 Å². The van der Waals surface area contributed by atoms with E-state index in [2.05, 4.69) is 12.6 Å². The summed E-state index contributed by atoms with van der Waals surface area (Å²) in [5, 5.41) is 9.65. The van der Waals surface area contributed by atoms with Crippen LogP contribution < -0.4 is 23.2 Å². The van der Waals surface area contributed by atoms with E-state index >= 15 is 0 Å². The van der Waals surface area contributed by atoms with Crippen molar-refractivity contribution in [1.82, 2.24) is 0 Å². The number of nitrogens with two attached hydrogens (primary N) is 1. The van der Waals surface area contributed by atoms with Gasteiger partial charge in [-0.05, 0) is 0 Å². The molecule has 0 aliphatic carbocycles. The van der Waals surface area contributed by atoms with Crippen LogP contribution in [0.3, 0.4) is 0 Å². The van der Waals surface area contributed by atoms with Crippen LogP contribution in [-0.4, -0.2) is 17.8 Å². The summed E-state index contributed by atoms with van der Waals surface area (Å²) >= 11 is 3.61. The molecule has 50 valence electrons. The molecule has 1 atom stereocenters. The van der Waals surface area contributed by atoms with Crippen molar-refractivity contribution in [3.8, 4) is 0 Å². The molecule has 2 N–H and O–H groups in total. The third kappa shape index (κ3) is 8.69. The molecule has 6 heteroatoms. The van der Waals surface area contributed by atoms with Crippen LogP contribution in [0.1, 0.15) is 0 Å². The number of carboxylic acid groups (broad SMARTS) is 1. The van der Waals surface area contributed by atoms with E-state index in [-0.39, 0.29) is 37.6 Å². The Kier molecular flexibility index (Phi) is 15.8. The topological polar surface area (TPSA) is 66.2 Å². The van der Waals surface area contributed by atoms with Crippen molar-refractivity contribution in [1.29, 1.82) is 0 Å². The van der Waals surface area contributed by atoms with Gasteiger partial charge in [-0.1, -0.05) is 0 Å². The molecule has 0 aliphatic heterocycles. The van der Waals surface area contributed by atoms with Crippen LogP contribution in [-0.2, 0) is 24.3 Å². The van der Waals surface area contributed by atoms with E-state index in [4.69, 9.17) is 5.73 Å². The third-order valence-electron chi connectivity index (χ3n) is 0.499. The van der Waals surface area contributed by atoms with Crippen molar-refractivity contribution >= 4 is 18.6 Å². The number of aliphatic carboxylic acids is 1. The molecule has 0 aromatic rings. The number of hydrogen-bond acceptors (Lipinski definition) is 4. The molecule has 3 nitrogen and oxygen atoms in total. The number of carbonyl (C=O) groups is 1. The molecule has 0 aliphatic rings. The minimum absolute atomic E-state index is 0. The van der Waals surface area contributed by atoms with E-state index in [1.54, 1.807) is 0 Å². The van der Waals surface area contributed by atoms with Gasteiger partial charge in [0.05, 0.1) is 12.0 Å². The molecule has 0 aromatic carbocycles. The van der Waals surface area contributed by atoms with E-state index in [0.29, 0.717) is 0 Å². The molecular formula is C3H6ClNO2SZn. The predicted molar refractivity (Wildman–Crippen MR) is 26.8 cm³/mol. The number of hydrogen-bond donors (Lipinski definition) is 2.